The van der Waals surface area contributed by atoms with Crippen LogP contribution in [-0.4, -0.2) is 12.6 Å². The van der Waals surface area contributed by atoms with Gasteiger partial charge < -0.3 is 5.32 Å². The van der Waals surface area contributed by atoms with Crippen molar-refractivity contribution in [3.8, 4) is 0 Å². The number of halogens is 1. The second-order valence-corrected chi connectivity index (χ2v) is 6.24. The van der Waals surface area contributed by atoms with Crippen molar-refractivity contribution in [2.45, 2.75) is 64.8 Å². The summed E-state index contributed by atoms with van der Waals surface area (Å²) in [6.45, 7) is 5.26. The monoisotopic (exact) mass is 289 g/mol. The van der Waals surface area contributed by atoms with E-state index in [-0.39, 0.29) is 5.82 Å². The van der Waals surface area contributed by atoms with E-state index in [1.165, 1.54) is 31.2 Å². The van der Waals surface area contributed by atoms with Crippen molar-refractivity contribution >= 4 is 0 Å². The van der Waals surface area contributed by atoms with Gasteiger partial charge in [-0.15, -0.1) is 0 Å². The van der Waals surface area contributed by atoms with Crippen LogP contribution in [0.1, 0.15) is 56.6 Å². The molecular formula is C19H28FN. The van der Waals surface area contributed by atoms with Gasteiger partial charge in [-0.3, -0.25) is 0 Å². The zero-order valence-electron chi connectivity index (χ0n) is 13.4. The quantitative estimate of drug-likeness (QED) is 0.701. The number of hydrogen-bond acceptors (Lipinski definition) is 1. The van der Waals surface area contributed by atoms with Crippen LogP contribution in [0.2, 0.25) is 0 Å². The molecule has 1 aliphatic carbocycles. The normalized spacial score (nSPS) is 16.6. The lowest BCUT2D eigenvalue weighted by molar-refractivity contribution is 0.489. The molecule has 0 saturated carbocycles. The highest BCUT2D eigenvalue weighted by Gasteiger charge is 2.14. The molecule has 2 heteroatoms. The van der Waals surface area contributed by atoms with Crippen molar-refractivity contribution in [3.05, 3.63) is 46.8 Å². The number of aryl methyl sites for hydroxylation is 1. The predicted octanol–water partition coefficient (Wildman–Crippen LogP) is 4.94. The molecule has 0 amide bonds. The topological polar surface area (TPSA) is 12.0 Å². The number of hydrogen-bond donors (Lipinski definition) is 1. The summed E-state index contributed by atoms with van der Waals surface area (Å²) in [6, 6.07) is 5.64. The third kappa shape index (κ3) is 5.28. The number of nitrogens with one attached hydrogen (secondary N) is 1. The van der Waals surface area contributed by atoms with Gasteiger partial charge in [0.15, 0.2) is 0 Å². The number of benzene rings is 1. The molecule has 0 heterocycles. The molecule has 1 aromatic rings. The highest BCUT2D eigenvalue weighted by Crippen LogP contribution is 2.23. The van der Waals surface area contributed by atoms with Crippen molar-refractivity contribution in [3.63, 3.8) is 0 Å². The van der Waals surface area contributed by atoms with Crippen molar-refractivity contribution < 1.29 is 4.39 Å². The fourth-order valence-corrected chi connectivity index (χ4v) is 3.13. The van der Waals surface area contributed by atoms with Gasteiger partial charge in [-0.2, -0.15) is 0 Å². The Hall–Kier alpha value is -1.15. The van der Waals surface area contributed by atoms with Crippen LogP contribution < -0.4 is 5.32 Å². The molecule has 0 aromatic heterocycles. The lowest BCUT2D eigenvalue weighted by Gasteiger charge is -2.23. The minimum absolute atomic E-state index is 0.135. The van der Waals surface area contributed by atoms with Crippen molar-refractivity contribution in [2.24, 2.45) is 0 Å². The van der Waals surface area contributed by atoms with Gasteiger partial charge in [0, 0.05) is 6.04 Å². The SMILES string of the molecule is CCCNC(CC1=CCCCC1)Cc1ccc(F)cc1C. The van der Waals surface area contributed by atoms with E-state index in [1.807, 2.05) is 13.0 Å². The van der Waals surface area contributed by atoms with Gasteiger partial charge in [0.25, 0.3) is 0 Å². The standard InChI is InChI=1S/C19H28FN/c1-3-11-21-19(13-16-7-5-4-6-8-16)14-17-9-10-18(20)12-15(17)2/h7,9-10,12,19,21H,3-6,8,11,13-14H2,1-2H3. The molecule has 0 aliphatic heterocycles. The Labute approximate surface area is 128 Å². The molecule has 0 bridgehead atoms. The average molecular weight is 289 g/mol. The Morgan fingerprint density at radius 1 is 1.24 bits per heavy atom. The summed E-state index contributed by atoms with van der Waals surface area (Å²) >= 11 is 0. The van der Waals surface area contributed by atoms with Gasteiger partial charge >= 0.3 is 0 Å². The molecule has 0 spiro atoms. The fourth-order valence-electron chi connectivity index (χ4n) is 3.13. The van der Waals surface area contributed by atoms with Crippen molar-refractivity contribution in [2.75, 3.05) is 6.54 Å². The lowest BCUT2D eigenvalue weighted by atomic mass is 9.91. The molecule has 1 atom stereocenters. The van der Waals surface area contributed by atoms with Crippen LogP contribution >= 0.6 is 0 Å². The molecule has 0 saturated heterocycles. The van der Waals surface area contributed by atoms with E-state index in [1.54, 1.807) is 17.7 Å². The van der Waals surface area contributed by atoms with Crippen LogP contribution in [0.25, 0.3) is 0 Å². The first-order valence-electron chi connectivity index (χ1n) is 8.35. The molecule has 1 nitrogen and oxygen atoms in total. The molecule has 116 valence electrons. The highest BCUT2D eigenvalue weighted by atomic mass is 19.1. The summed E-state index contributed by atoms with van der Waals surface area (Å²) < 4.78 is 13.2. The summed E-state index contributed by atoms with van der Waals surface area (Å²) in [5.41, 5.74) is 3.94. The molecule has 2 rings (SSSR count). The maximum atomic E-state index is 13.2. The first-order chi connectivity index (χ1) is 10.2. The molecule has 1 aromatic carbocycles. The van der Waals surface area contributed by atoms with Gasteiger partial charge in [0.1, 0.15) is 5.82 Å². The van der Waals surface area contributed by atoms with Gasteiger partial charge in [0.05, 0.1) is 0 Å². The third-order valence-electron chi connectivity index (χ3n) is 4.35. The van der Waals surface area contributed by atoms with Crippen LogP contribution in [0.15, 0.2) is 29.8 Å². The van der Waals surface area contributed by atoms with Crippen LogP contribution in [0.4, 0.5) is 4.39 Å². The van der Waals surface area contributed by atoms with Crippen LogP contribution in [-0.2, 0) is 6.42 Å². The van der Waals surface area contributed by atoms with Gasteiger partial charge in [-0.1, -0.05) is 24.6 Å². The summed E-state index contributed by atoms with van der Waals surface area (Å²) in [5, 5.41) is 3.67. The second kappa shape index (κ2) is 8.33. The van der Waals surface area contributed by atoms with E-state index < -0.39 is 0 Å². The highest BCUT2D eigenvalue weighted by molar-refractivity contribution is 5.27. The Morgan fingerprint density at radius 3 is 2.76 bits per heavy atom. The molecular weight excluding hydrogens is 261 g/mol. The van der Waals surface area contributed by atoms with E-state index in [2.05, 4.69) is 18.3 Å². The number of rotatable bonds is 7. The zero-order chi connectivity index (χ0) is 15.1. The smallest absolute Gasteiger partial charge is 0.123 e. The minimum Gasteiger partial charge on any atom is -0.313 e. The van der Waals surface area contributed by atoms with E-state index in [9.17, 15) is 4.39 Å². The lowest BCUT2D eigenvalue weighted by Crippen LogP contribution is -2.32. The molecule has 1 aliphatic rings. The molecule has 1 unspecified atom stereocenters. The first kappa shape index (κ1) is 16.2. The van der Waals surface area contributed by atoms with Crippen molar-refractivity contribution in [1.29, 1.82) is 0 Å². The largest absolute Gasteiger partial charge is 0.313 e. The molecule has 0 radical (unpaired) electrons. The van der Waals surface area contributed by atoms with E-state index in [0.29, 0.717) is 6.04 Å². The molecule has 21 heavy (non-hydrogen) atoms. The minimum atomic E-state index is -0.135. The van der Waals surface area contributed by atoms with E-state index >= 15 is 0 Å². The summed E-state index contributed by atoms with van der Waals surface area (Å²) in [4.78, 5) is 0. The third-order valence-corrected chi connectivity index (χ3v) is 4.35. The Balaban J connectivity index is 2.02. The van der Waals surface area contributed by atoms with Crippen LogP contribution in [0.5, 0.6) is 0 Å². The number of allylic oxidation sites excluding steroid dienone is 1. The van der Waals surface area contributed by atoms with E-state index in [4.69, 9.17) is 0 Å². The summed E-state index contributed by atoms with van der Waals surface area (Å²) in [6.07, 6.45) is 10.9. The van der Waals surface area contributed by atoms with Gasteiger partial charge in [0.2, 0.25) is 0 Å². The van der Waals surface area contributed by atoms with Gasteiger partial charge in [-0.05, 0) is 81.7 Å². The zero-order valence-corrected chi connectivity index (χ0v) is 13.4. The first-order valence-corrected chi connectivity index (χ1v) is 8.35. The van der Waals surface area contributed by atoms with Crippen molar-refractivity contribution in [1.82, 2.24) is 5.32 Å². The Kier molecular flexibility index (Phi) is 6.44. The maximum Gasteiger partial charge on any atom is 0.123 e. The predicted molar refractivity (Wildman–Crippen MR) is 88.1 cm³/mol. The second-order valence-electron chi connectivity index (χ2n) is 6.24. The summed E-state index contributed by atoms with van der Waals surface area (Å²) in [5.74, 6) is -0.135. The average Bonchev–Trinajstić information content (AvgIpc) is 2.48. The maximum absolute atomic E-state index is 13.2. The Morgan fingerprint density at radius 2 is 2.10 bits per heavy atom. The fraction of sp³-hybridized carbons (Fsp3) is 0.579. The van der Waals surface area contributed by atoms with Crippen LogP contribution in [0, 0.1) is 12.7 Å². The van der Waals surface area contributed by atoms with Crippen LogP contribution in [0.3, 0.4) is 0 Å². The van der Waals surface area contributed by atoms with E-state index in [0.717, 1.165) is 31.4 Å². The molecule has 1 N–H and O–H groups in total. The summed E-state index contributed by atoms with van der Waals surface area (Å²) in [7, 11) is 0. The van der Waals surface area contributed by atoms with Gasteiger partial charge in [-0.25, -0.2) is 4.39 Å². The molecule has 0 fully saturated rings. The Bertz CT molecular complexity index is 478.